The Kier molecular flexibility index (Phi) is 13.5. The minimum Gasteiger partial charge on any atom is -0.480 e. The maximum absolute atomic E-state index is 13.9. The number of aliphatic carboxylic acids is 1. The third kappa shape index (κ3) is 10.1. The Morgan fingerprint density at radius 3 is 2.25 bits per heavy atom. The highest BCUT2D eigenvalue weighted by Gasteiger charge is 2.42. The summed E-state index contributed by atoms with van der Waals surface area (Å²) in [5, 5.41) is 21.0. The first-order valence-corrected chi connectivity index (χ1v) is 18.0. The summed E-state index contributed by atoms with van der Waals surface area (Å²) in [6, 6.07) is 4.93. The second-order valence-electron chi connectivity index (χ2n) is 13.1. The van der Waals surface area contributed by atoms with Crippen molar-refractivity contribution in [1.29, 1.82) is 0 Å². The van der Waals surface area contributed by atoms with Gasteiger partial charge in [0.25, 0.3) is 5.91 Å². The molecule has 1 aromatic heterocycles. The number of piperazine rings is 1. The zero-order valence-electron chi connectivity index (χ0n) is 28.4. The number of nitrogens with zero attached hydrogens (tertiary/aromatic N) is 3. The molecule has 2 heterocycles. The van der Waals surface area contributed by atoms with Gasteiger partial charge >= 0.3 is 5.97 Å². The van der Waals surface area contributed by atoms with E-state index >= 15 is 0 Å². The third-order valence-electron chi connectivity index (χ3n) is 9.32. The summed E-state index contributed by atoms with van der Waals surface area (Å²) in [7, 11) is 2.12. The van der Waals surface area contributed by atoms with Gasteiger partial charge in [0.1, 0.15) is 23.4 Å². The Bertz CT molecular complexity index is 1410. The second kappa shape index (κ2) is 17.5. The number of amides is 3. The lowest BCUT2D eigenvalue weighted by Crippen LogP contribution is -2.63. The van der Waals surface area contributed by atoms with Gasteiger partial charge in [-0.1, -0.05) is 57.6 Å². The van der Waals surface area contributed by atoms with E-state index in [4.69, 9.17) is 4.98 Å². The maximum Gasteiger partial charge on any atom is 0.326 e. The second-order valence-corrected chi connectivity index (χ2v) is 14.0. The molecule has 1 saturated carbocycles. The molecule has 4 N–H and O–H groups in total. The van der Waals surface area contributed by atoms with Crippen molar-refractivity contribution in [3.05, 3.63) is 35.2 Å². The quantitative estimate of drug-likeness (QED) is 0.192. The number of hydrogen-bond acceptors (Lipinski definition) is 9. The van der Waals surface area contributed by atoms with Crippen molar-refractivity contribution >= 4 is 45.9 Å². The normalized spacial score (nSPS) is 17.6. The summed E-state index contributed by atoms with van der Waals surface area (Å²) in [5.74, 6) is -2.87. The molecule has 1 saturated heterocycles. The number of hydrogen-bond donors (Lipinski definition) is 4. The molecule has 0 spiro atoms. The molecule has 2 fully saturated rings. The van der Waals surface area contributed by atoms with E-state index in [2.05, 4.69) is 32.8 Å². The lowest BCUT2D eigenvalue weighted by Gasteiger charge is -2.37. The Labute approximate surface area is 287 Å². The molecule has 0 bridgehead atoms. The summed E-state index contributed by atoms with van der Waals surface area (Å²) in [5.41, 5.74) is 0.882. The Morgan fingerprint density at radius 2 is 1.62 bits per heavy atom. The van der Waals surface area contributed by atoms with Crippen LogP contribution in [0.3, 0.4) is 0 Å². The first-order valence-electron chi connectivity index (χ1n) is 17.2. The number of likely N-dealkylation sites (N-methyl/N-ethyl adjacent to an activating group) is 1. The highest BCUT2D eigenvalue weighted by Crippen LogP contribution is 2.31. The van der Waals surface area contributed by atoms with Gasteiger partial charge in [-0.2, -0.15) is 0 Å². The van der Waals surface area contributed by atoms with E-state index in [0.29, 0.717) is 24.8 Å². The van der Waals surface area contributed by atoms with Gasteiger partial charge in [0.15, 0.2) is 5.13 Å². The van der Waals surface area contributed by atoms with Crippen LogP contribution in [0.4, 0.5) is 5.13 Å². The fourth-order valence-corrected chi connectivity index (χ4v) is 7.12. The maximum atomic E-state index is 13.9. The van der Waals surface area contributed by atoms with E-state index < -0.39 is 41.3 Å². The number of thiazole rings is 1. The Morgan fingerprint density at radius 1 is 0.938 bits per heavy atom. The number of benzene rings is 1. The van der Waals surface area contributed by atoms with Crippen LogP contribution in [0.1, 0.15) is 94.8 Å². The SMILES string of the molecule is CCCCC[C@H](NC(=O)[C@H](CCC(C)=O)NC(=O)C1(NC(=O)c2ccc(-c3csc(N4CCN(C)CC4)n3)cc2)CCCCC1)C(=O)O. The van der Waals surface area contributed by atoms with Crippen LogP contribution < -0.4 is 20.9 Å². The fourth-order valence-electron chi connectivity index (χ4n) is 6.23. The number of nitrogens with one attached hydrogen (secondary N) is 3. The number of aromatic nitrogens is 1. The van der Waals surface area contributed by atoms with E-state index in [0.717, 1.165) is 74.7 Å². The van der Waals surface area contributed by atoms with Crippen molar-refractivity contribution in [2.75, 3.05) is 38.1 Å². The standard InChI is InChI=1S/C35H50N6O6S/c1-4-5-7-10-28(32(45)46)36-31(44)27(16-11-24(2)42)37-33(47)35(17-8-6-9-18-35)39-30(43)26-14-12-25(13-15-26)29-23-48-34(38-29)41-21-19-40(3)20-22-41/h12-15,23,27-28H,4-11,16-22H2,1-3H3,(H,36,44)(H,37,47)(H,39,43)(H,45,46)/t27-,28-/m0/s1. The molecule has 0 radical (unpaired) electrons. The van der Waals surface area contributed by atoms with Crippen LogP contribution in [-0.2, 0) is 19.2 Å². The van der Waals surface area contributed by atoms with Crippen LogP contribution in [-0.4, -0.2) is 95.3 Å². The van der Waals surface area contributed by atoms with E-state index in [-0.39, 0.29) is 25.0 Å². The van der Waals surface area contributed by atoms with E-state index in [1.54, 1.807) is 23.5 Å². The van der Waals surface area contributed by atoms with Crippen molar-refractivity contribution in [1.82, 2.24) is 25.8 Å². The summed E-state index contributed by atoms with van der Waals surface area (Å²) < 4.78 is 0. The largest absolute Gasteiger partial charge is 0.480 e. The number of carboxylic acid groups (broad SMARTS) is 1. The van der Waals surface area contributed by atoms with Crippen molar-refractivity contribution in [2.45, 2.75) is 102 Å². The molecule has 2 atom stereocenters. The zero-order valence-corrected chi connectivity index (χ0v) is 29.2. The van der Waals surface area contributed by atoms with Gasteiger partial charge in [-0.15, -0.1) is 11.3 Å². The molecule has 262 valence electrons. The number of ketones is 1. The highest BCUT2D eigenvalue weighted by molar-refractivity contribution is 7.14. The van der Waals surface area contributed by atoms with Crippen molar-refractivity contribution in [2.24, 2.45) is 0 Å². The van der Waals surface area contributed by atoms with Gasteiger partial charge in [-0.25, -0.2) is 9.78 Å². The molecule has 12 nitrogen and oxygen atoms in total. The lowest BCUT2D eigenvalue weighted by molar-refractivity contribution is -0.142. The predicted octanol–water partition coefficient (Wildman–Crippen LogP) is 4.00. The van der Waals surface area contributed by atoms with Crippen molar-refractivity contribution in [3.8, 4) is 11.3 Å². The van der Waals surface area contributed by atoms with Gasteiger partial charge in [-0.3, -0.25) is 14.4 Å². The molecule has 3 amide bonds. The van der Waals surface area contributed by atoms with Gasteiger partial charge in [0, 0.05) is 49.1 Å². The van der Waals surface area contributed by atoms with E-state index in [9.17, 15) is 29.1 Å². The number of Topliss-reactive ketones (excluding diaryl/α,β-unsaturated/α-hetero) is 1. The number of rotatable bonds is 16. The number of carbonyl (C=O) groups is 5. The number of anilines is 1. The molecular weight excluding hydrogens is 632 g/mol. The Balaban J connectivity index is 1.45. The molecule has 0 unspecified atom stereocenters. The minimum absolute atomic E-state index is 0.0207. The average Bonchev–Trinajstić information content (AvgIpc) is 3.57. The number of carbonyl (C=O) groups excluding carboxylic acids is 4. The van der Waals surface area contributed by atoms with Gasteiger partial charge in [0.05, 0.1) is 5.69 Å². The van der Waals surface area contributed by atoms with Crippen LogP contribution in [0, 0.1) is 0 Å². The number of carboxylic acids is 1. The minimum atomic E-state index is -1.25. The van der Waals surface area contributed by atoms with Gasteiger partial charge in [-0.05, 0) is 51.8 Å². The summed E-state index contributed by atoms with van der Waals surface area (Å²) in [4.78, 5) is 74.0. The Hall–Kier alpha value is -3.84. The molecule has 1 aliphatic heterocycles. The fraction of sp³-hybridized carbons (Fsp3) is 0.600. The molecule has 4 rings (SSSR count). The molecule has 48 heavy (non-hydrogen) atoms. The zero-order chi connectivity index (χ0) is 34.7. The summed E-state index contributed by atoms with van der Waals surface area (Å²) in [6.45, 7) is 7.26. The van der Waals surface area contributed by atoms with Gasteiger partial charge in [0.2, 0.25) is 11.8 Å². The molecule has 2 aromatic rings. The molecule has 1 aromatic carbocycles. The van der Waals surface area contributed by atoms with Crippen LogP contribution in [0.5, 0.6) is 0 Å². The number of unbranched alkanes of at least 4 members (excludes halogenated alkanes) is 2. The topological polar surface area (TPSA) is 161 Å². The van der Waals surface area contributed by atoms with Crippen molar-refractivity contribution in [3.63, 3.8) is 0 Å². The molecular formula is C35H50N6O6S. The van der Waals surface area contributed by atoms with Gasteiger partial charge < -0.3 is 35.7 Å². The first-order chi connectivity index (χ1) is 23.0. The molecule has 1 aliphatic carbocycles. The smallest absolute Gasteiger partial charge is 0.326 e. The lowest BCUT2D eigenvalue weighted by atomic mass is 9.80. The van der Waals surface area contributed by atoms with Crippen LogP contribution in [0.15, 0.2) is 29.6 Å². The average molecular weight is 683 g/mol. The highest BCUT2D eigenvalue weighted by atomic mass is 32.1. The molecule has 13 heteroatoms. The monoisotopic (exact) mass is 682 g/mol. The van der Waals surface area contributed by atoms with E-state index in [1.807, 2.05) is 24.4 Å². The van der Waals surface area contributed by atoms with Crippen LogP contribution >= 0.6 is 11.3 Å². The van der Waals surface area contributed by atoms with Crippen LogP contribution in [0.2, 0.25) is 0 Å². The predicted molar refractivity (Wildman–Crippen MR) is 186 cm³/mol. The first kappa shape index (κ1) is 37.0. The van der Waals surface area contributed by atoms with E-state index in [1.165, 1.54) is 6.92 Å². The summed E-state index contributed by atoms with van der Waals surface area (Å²) >= 11 is 1.61. The van der Waals surface area contributed by atoms with Crippen molar-refractivity contribution < 1.29 is 29.1 Å². The summed E-state index contributed by atoms with van der Waals surface area (Å²) in [6.07, 6.45) is 5.83. The van der Waals surface area contributed by atoms with Crippen LogP contribution in [0.25, 0.3) is 11.3 Å². The molecule has 2 aliphatic rings. The third-order valence-corrected chi connectivity index (χ3v) is 10.2.